The molecule has 0 saturated carbocycles. The molecule has 29 heavy (non-hydrogen) atoms. The number of guanidine groups is 1. The van der Waals surface area contributed by atoms with Gasteiger partial charge in [0.25, 0.3) is 0 Å². The second-order valence-corrected chi connectivity index (χ2v) is 6.07. The monoisotopic (exact) mass is 517 g/mol. The lowest BCUT2D eigenvalue weighted by molar-refractivity contribution is 0.368. The molecule has 0 radical (unpaired) electrons. The first-order chi connectivity index (χ1) is 13.7. The fourth-order valence-electron chi connectivity index (χ4n) is 2.83. The van der Waals surface area contributed by atoms with Crippen molar-refractivity contribution in [3.05, 3.63) is 36.2 Å². The Kier molecular flexibility index (Phi) is 11.9. The van der Waals surface area contributed by atoms with Gasteiger partial charge in [-0.3, -0.25) is 9.67 Å². The van der Waals surface area contributed by atoms with Crippen LogP contribution in [0.5, 0.6) is 17.2 Å². The van der Waals surface area contributed by atoms with Gasteiger partial charge in [-0.05, 0) is 25.8 Å². The number of methoxy groups -OCH3 is 3. The van der Waals surface area contributed by atoms with Gasteiger partial charge >= 0.3 is 0 Å². The molecule has 0 unspecified atom stereocenters. The maximum atomic E-state index is 5.51. The number of aryl methyl sites for hydroxylation is 1. The van der Waals surface area contributed by atoms with Gasteiger partial charge in [0.15, 0.2) is 5.96 Å². The number of hydrogen-bond donors (Lipinski definition) is 2. The van der Waals surface area contributed by atoms with E-state index in [0.29, 0.717) is 12.3 Å². The molecule has 8 nitrogen and oxygen atoms in total. The third-order valence-corrected chi connectivity index (χ3v) is 4.20. The van der Waals surface area contributed by atoms with Crippen LogP contribution in [-0.4, -0.2) is 56.7 Å². The normalized spacial score (nSPS) is 10.8. The Morgan fingerprint density at radius 3 is 2.38 bits per heavy atom. The van der Waals surface area contributed by atoms with E-state index in [2.05, 4.69) is 27.6 Å². The molecule has 0 fully saturated rings. The molecule has 0 amide bonds. The van der Waals surface area contributed by atoms with E-state index in [1.165, 1.54) is 0 Å². The Labute approximate surface area is 190 Å². The highest BCUT2D eigenvalue weighted by atomic mass is 127. The number of nitrogens with zero attached hydrogens (tertiary/aromatic N) is 3. The maximum absolute atomic E-state index is 5.51. The quantitative estimate of drug-likeness (QED) is 0.207. The summed E-state index contributed by atoms with van der Waals surface area (Å²) in [4.78, 5) is 4.63. The summed E-state index contributed by atoms with van der Waals surface area (Å²) in [5.74, 6) is 3.00. The number of aliphatic imine (C=N–C) groups is 1. The fraction of sp³-hybridized carbons (Fsp3) is 0.500. The average Bonchev–Trinajstić information content (AvgIpc) is 3.24. The lowest BCUT2D eigenvalue weighted by Crippen LogP contribution is -2.38. The highest BCUT2D eigenvalue weighted by Gasteiger charge is 2.13. The Morgan fingerprint density at radius 2 is 1.83 bits per heavy atom. The minimum atomic E-state index is 0. The first-order valence-electron chi connectivity index (χ1n) is 9.50. The van der Waals surface area contributed by atoms with Crippen molar-refractivity contribution in [1.29, 1.82) is 0 Å². The van der Waals surface area contributed by atoms with Crippen LogP contribution in [0, 0.1) is 0 Å². The first kappa shape index (κ1) is 24.9. The highest BCUT2D eigenvalue weighted by Crippen LogP contribution is 2.34. The van der Waals surface area contributed by atoms with Crippen LogP contribution in [0.3, 0.4) is 0 Å². The number of halogens is 1. The molecule has 0 bridgehead atoms. The summed E-state index contributed by atoms with van der Waals surface area (Å²) in [6.45, 7) is 5.14. The second kappa shape index (κ2) is 13.9. The molecule has 2 N–H and O–H groups in total. The number of rotatable bonds is 11. The van der Waals surface area contributed by atoms with Crippen LogP contribution in [-0.2, 0) is 13.0 Å². The summed E-state index contributed by atoms with van der Waals surface area (Å²) >= 11 is 0. The van der Waals surface area contributed by atoms with E-state index in [-0.39, 0.29) is 24.0 Å². The van der Waals surface area contributed by atoms with E-state index in [0.717, 1.165) is 55.5 Å². The summed E-state index contributed by atoms with van der Waals surface area (Å²) in [6.07, 6.45) is 5.41. The van der Waals surface area contributed by atoms with E-state index in [4.69, 9.17) is 14.2 Å². The number of benzene rings is 1. The zero-order chi connectivity index (χ0) is 20.2. The summed E-state index contributed by atoms with van der Waals surface area (Å²) in [5.41, 5.74) is 0.993. The van der Waals surface area contributed by atoms with Gasteiger partial charge in [0.1, 0.15) is 17.2 Å². The van der Waals surface area contributed by atoms with Gasteiger partial charge in [-0.2, -0.15) is 5.10 Å². The molecule has 2 rings (SSSR count). The van der Waals surface area contributed by atoms with E-state index < -0.39 is 0 Å². The van der Waals surface area contributed by atoms with Crippen LogP contribution >= 0.6 is 24.0 Å². The zero-order valence-electron chi connectivity index (χ0n) is 17.6. The standard InChI is InChI=1S/C20H31N5O3.HI/c1-5-21-20(22-9-6-12-25-13-7-10-24-25)23-11-8-17-18(27-3)14-16(26-2)15-19(17)28-4;/h7,10,13-15H,5-6,8-9,11-12H2,1-4H3,(H2,21,22,23);1H. The minimum absolute atomic E-state index is 0. The van der Waals surface area contributed by atoms with E-state index >= 15 is 0 Å². The van der Waals surface area contributed by atoms with Crippen molar-refractivity contribution in [2.45, 2.75) is 26.3 Å². The lowest BCUT2D eigenvalue weighted by Gasteiger charge is -2.16. The SMILES string of the molecule is CCNC(=NCCCn1cccn1)NCCc1c(OC)cc(OC)cc1OC.I. The maximum Gasteiger partial charge on any atom is 0.191 e. The van der Waals surface area contributed by atoms with Gasteiger partial charge in [0, 0.05) is 56.3 Å². The van der Waals surface area contributed by atoms with Crippen LogP contribution in [0.2, 0.25) is 0 Å². The van der Waals surface area contributed by atoms with Gasteiger partial charge in [-0.15, -0.1) is 24.0 Å². The van der Waals surface area contributed by atoms with Crippen molar-refractivity contribution in [2.24, 2.45) is 4.99 Å². The smallest absolute Gasteiger partial charge is 0.191 e. The molecular weight excluding hydrogens is 485 g/mol. The number of hydrogen-bond acceptors (Lipinski definition) is 5. The lowest BCUT2D eigenvalue weighted by atomic mass is 10.1. The molecule has 0 atom stereocenters. The molecule has 1 heterocycles. The molecule has 0 aliphatic carbocycles. The number of nitrogens with one attached hydrogen (secondary N) is 2. The van der Waals surface area contributed by atoms with E-state index in [1.54, 1.807) is 27.5 Å². The van der Waals surface area contributed by atoms with E-state index in [1.807, 2.05) is 29.1 Å². The molecule has 162 valence electrons. The van der Waals surface area contributed by atoms with Crippen LogP contribution in [0.15, 0.2) is 35.6 Å². The predicted octanol–water partition coefficient (Wildman–Crippen LogP) is 2.71. The van der Waals surface area contributed by atoms with Crippen molar-refractivity contribution in [1.82, 2.24) is 20.4 Å². The largest absolute Gasteiger partial charge is 0.496 e. The molecule has 0 spiro atoms. The molecule has 2 aromatic rings. The van der Waals surface area contributed by atoms with E-state index in [9.17, 15) is 0 Å². The molecule has 9 heteroatoms. The minimum Gasteiger partial charge on any atom is -0.496 e. The van der Waals surface area contributed by atoms with Gasteiger partial charge in [0.05, 0.1) is 21.3 Å². The summed E-state index contributed by atoms with van der Waals surface area (Å²) in [7, 11) is 4.92. The molecular formula is C20H32IN5O3. The van der Waals surface area contributed by atoms with Gasteiger partial charge in [-0.25, -0.2) is 0 Å². The van der Waals surface area contributed by atoms with Gasteiger partial charge in [-0.1, -0.05) is 0 Å². The van der Waals surface area contributed by atoms with Crippen LogP contribution in [0.25, 0.3) is 0 Å². The Morgan fingerprint density at radius 1 is 1.10 bits per heavy atom. The Bertz CT molecular complexity index is 713. The summed E-state index contributed by atoms with van der Waals surface area (Å²) in [6, 6.07) is 5.66. The van der Waals surface area contributed by atoms with Crippen molar-refractivity contribution >= 4 is 29.9 Å². The Hall–Kier alpha value is -2.17. The first-order valence-corrected chi connectivity index (χ1v) is 9.50. The summed E-state index contributed by atoms with van der Waals surface area (Å²) < 4.78 is 18.2. The van der Waals surface area contributed by atoms with Crippen LogP contribution in [0.4, 0.5) is 0 Å². The second-order valence-electron chi connectivity index (χ2n) is 6.07. The van der Waals surface area contributed by atoms with Crippen molar-refractivity contribution in [3.63, 3.8) is 0 Å². The predicted molar refractivity (Wildman–Crippen MR) is 126 cm³/mol. The van der Waals surface area contributed by atoms with Crippen LogP contribution in [0.1, 0.15) is 18.9 Å². The van der Waals surface area contributed by atoms with Crippen molar-refractivity contribution in [2.75, 3.05) is 41.0 Å². The summed E-state index contributed by atoms with van der Waals surface area (Å²) in [5, 5.41) is 10.8. The van der Waals surface area contributed by atoms with Crippen molar-refractivity contribution < 1.29 is 14.2 Å². The third kappa shape index (κ3) is 8.00. The fourth-order valence-corrected chi connectivity index (χ4v) is 2.83. The topological polar surface area (TPSA) is 81.9 Å². The van der Waals surface area contributed by atoms with Gasteiger partial charge in [0.2, 0.25) is 0 Å². The van der Waals surface area contributed by atoms with Crippen molar-refractivity contribution in [3.8, 4) is 17.2 Å². The third-order valence-electron chi connectivity index (χ3n) is 4.20. The molecule has 0 saturated heterocycles. The number of aromatic nitrogens is 2. The molecule has 0 aliphatic heterocycles. The average molecular weight is 517 g/mol. The molecule has 0 aliphatic rings. The number of ether oxygens (including phenoxy) is 3. The molecule has 1 aromatic carbocycles. The molecule has 1 aromatic heterocycles. The van der Waals surface area contributed by atoms with Gasteiger partial charge < -0.3 is 24.8 Å². The highest BCUT2D eigenvalue weighted by molar-refractivity contribution is 14.0. The zero-order valence-corrected chi connectivity index (χ0v) is 19.9. The van der Waals surface area contributed by atoms with Crippen LogP contribution < -0.4 is 24.8 Å². The Balaban J connectivity index is 0.00000420.